The van der Waals surface area contributed by atoms with E-state index in [4.69, 9.17) is 0 Å². The van der Waals surface area contributed by atoms with Gasteiger partial charge >= 0.3 is 0 Å². The van der Waals surface area contributed by atoms with Gasteiger partial charge in [0.05, 0.1) is 5.41 Å². The topological polar surface area (TPSA) is 77.0 Å². The maximum Gasteiger partial charge on any atom is 0.230 e. The smallest absolute Gasteiger partial charge is 0.230 e. The summed E-state index contributed by atoms with van der Waals surface area (Å²) in [5, 5.41) is 6.64. The number of hydrogen-bond donors (Lipinski definition) is 2. The first-order valence-corrected chi connectivity index (χ1v) is 11.5. The van der Waals surface area contributed by atoms with E-state index in [-0.39, 0.29) is 41.2 Å². The van der Waals surface area contributed by atoms with Crippen molar-refractivity contribution in [2.75, 3.05) is 40.8 Å². The SMILES string of the molecule is CN=C(NCCCC(=O)N1CCc2ccccc2C1)NCC1(C(=O)N(C)C)CCCC1.I. The fourth-order valence-corrected chi connectivity index (χ4v) is 4.78. The van der Waals surface area contributed by atoms with E-state index in [2.05, 4.69) is 33.8 Å². The number of fused-ring (bicyclic) bond motifs is 1. The minimum absolute atomic E-state index is 0. The molecule has 8 heteroatoms. The molecule has 7 nitrogen and oxygen atoms in total. The third-order valence-electron chi connectivity index (χ3n) is 6.58. The highest BCUT2D eigenvalue weighted by Crippen LogP contribution is 2.38. The van der Waals surface area contributed by atoms with Gasteiger partial charge in [-0.2, -0.15) is 0 Å². The molecule has 0 atom stereocenters. The van der Waals surface area contributed by atoms with Gasteiger partial charge in [-0.3, -0.25) is 14.6 Å². The number of aliphatic imine (C=N–C) groups is 1. The molecule has 178 valence electrons. The summed E-state index contributed by atoms with van der Waals surface area (Å²) in [5.41, 5.74) is 2.29. The monoisotopic (exact) mass is 555 g/mol. The Bertz CT molecular complexity index is 805. The van der Waals surface area contributed by atoms with E-state index in [9.17, 15) is 9.59 Å². The maximum atomic E-state index is 12.7. The molecule has 1 aromatic rings. The zero-order valence-electron chi connectivity index (χ0n) is 19.7. The van der Waals surface area contributed by atoms with Crippen LogP contribution in [0, 0.1) is 5.41 Å². The summed E-state index contributed by atoms with van der Waals surface area (Å²) in [5.74, 6) is 1.10. The third kappa shape index (κ3) is 6.59. The van der Waals surface area contributed by atoms with Crippen molar-refractivity contribution in [3.8, 4) is 0 Å². The minimum atomic E-state index is -0.332. The van der Waals surface area contributed by atoms with Gasteiger partial charge in [-0.25, -0.2) is 0 Å². The van der Waals surface area contributed by atoms with Crippen LogP contribution in [0.25, 0.3) is 0 Å². The molecule has 32 heavy (non-hydrogen) atoms. The highest BCUT2D eigenvalue weighted by molar-refractivity contribution is 14.0. The lowest BCUT2D eigenvalue weighted by Gasteiger charge is -2.31. The number of guanidine groups is 1. The van der Waals surface area contributed by atoms with Crippen LogP contribution in [0.3, 0.4) is 0 Å². The highest BCUT2D eigenvalue weighted by atomic mass is 127. The number of carbonyl (C=O) groups excluding carboxylic acids is 2. The average molecular weight is 556 g/mol. The summed E-state index contributed by atoms with van der Waals surface area (Å²) < 4.78 is 0. The zero-order valence-corrected chi connectivity index (χ0v) is 22.0. The van der Waals surface area contributed by atoms with Gasteiger partial charge in [0, 0.05) is 53.7 Å². The second-order valence-electron chi connectivity index (χ2n) is 8.98. The van der Waals surface area contributed by atoms with Crippen LogP contribution < -0.4 is 10.6 Å². The lowest BCUT2D eigenvalue weighted by atomic mass is 9.84. The Kier molecular flexibility index (Phi) is 10.2. The third-order valence-corrected chi connectivity index (χ3v) is 6.58. The van der Waals surface area contributed by atoms with Crippen molar-refractivity contribution in [2.45, 2.75) is 51.5 Å². The molecule has 1 aromatic carbocycles. The van der Waals surface area contributed by atoms with Gasteiger partial charge in [-0.15, -0.1) is 24.0 Å². The predicted octanol–water partition coefficient (Wildman–Crippen LogP) is 2.78. The first-order chi connectivity index (χ1) is 14.9. The van der Waals surface area contributed by atoms with E-state index >= 15 is 0 Å². The van der Waals surface area contributed by atoms with Crippen molar-refractivity contribution >= 4 is 41.8 Å². The van der Waals surface area contributed by atoms with E-state index in [0.29, 0.717) is 32.0 Å². The van der Waals surface area contributed by atoms with Crippen molar-refractivity contribution in [1.29, 1.82) is 0 Å². The molecule has 0 radical (unpaired) electrons. The van der Waals surface area contributed by atoms with E-state index in [1.165, 1.54) is 11.1 Å². The standard InChI is InChI=1S/C24H37N5O2.HI/c1-25-23(27-18-24(13-6-7-14-24)22(31)28(2)3)26-15-8-11-21(30)29-16-12-19-9-4-5-10-20(19)17-29;/h4-5,9-10H,6-8,11-18H2,1-3H3,(H2,25,26,27);1H. The number of amides is 2. The summed E-state index contributed by atoms with van der Waals surface area (Å²) in [6.07, 6.45) is 6.23. The predicted molar refractivity (Wildman–Crippen MR) is 139 cm³/mol. The second-order valence-corrected chi connectivity index (χ2v) is 8.98. The lowest BCUT2D eigenvalue weighted by molar-refractivity contribution is -0.139. The fourth-order valence-electron chi connectivity index (χ4n) is 4.78. The molecule has 2 amide bonds. The van der Waals surface area contributed by atoms with Crippen LogP contribution in [0.2, 0.25) is 0 Å². The summed E-state index contributed by atoms with van der Waals surface area (Å²) in [6, 6.07) is 8.37. The van der Waals surface area contributed by atoms with E-state index in [1.807, 2.05) is 25.1 Å². The second kappa shape index (κ2) is 12.4. The van der Waals surface area contributed by atoms with Crippen molar-refractivity contribution in [1.82, 2.24) is 20.4 Å². The molecule has 1 fully saturated rings. The van der Waals surface area contributed by atoms with Crippen LogP contribution in [0.1, 0.15) is 49.7 Å². The molecule has 2 aliphatic rings. The summed E-state index contributed by atoms with van der Waals surface area (Å²) in [4.78, 5) is 33.3. The number of carbonyl (C=O) groups is 2. The van der Waals surface area contributed by atoms with Gasteiger partial charge < -0.3 is 20.4 Å². The Morgan fingerprint density at radius 1 is 1.12 bits per heavy atom. The number of hydrogen-bond acceptors (Lipinski definition) is 3. The number of nitrogens with one attached hydrogen (secondary N) is 2. The Labute approximate surface area is 209 Å². The van der Waals surface area contributed by atoms with Crippen molar-refractivity contribution in [2.24, 2.45) is 10.4 Å². The number of halogens is 1. The molecule has 1 aliphatic heterocycles. The lowest BCUT2D eigenvalue weighted by Crippen LogP contribution is -2.49. The van der Waals surface area contributed by atoms with Crippen molar-refractivity contribution in [3.05, 3.63) is 35.4 Å². The molecular formula is C24H38IN5O2. The normalized spacial score (nSPS) is 17.2. The Balaban J connectivity index is 0.00000363. The van der Waals surface area contributed by atoms with Gasteiger partial charge in [0.2, 0.25) is 11.8 Å². The largest absolute Gasteiger partial charge is 0.356 e. The summed E-state index contributed by atoms with van der Waals surface area (Å²) in [7, 11) is 5.39. The molecule has 0 aromatic heterocycles. The molecule has 0 bridgehead atoms. The maximum absolute atomic E-state index is 12.7. The van der Waals surface area contributed by atoms with E-state index < -0.39 is 0 Å². The van der Waals surface area contributed by atoms with Crippen LogP contribution in [0.15, 0.2) is 29.3 Å². The highest BCUT2D eigenvalue weighted by Gasteiger charge is 2.42. The Morgan fingerprint density at radius 2 is 1.81 bits per heavy atom. The molecule has 1 aliphatic carbocycles. The summed E-state index contributed by atoms with van der Waals surface area (Å²) in [6.45, 7) is 2.78. The molecule has 2 N–H and O–H groups in total. The summed E-state index contributed by atoms with van der Waals surface area (Å²) >= 11 is 0. The Morgan fingerprint density at radius 3 is 2.47 bits per heavy atom. The number of nitrogens with zero attached hydrogens (tertiary/aromatic N) is 3. The molecule has 0 unspecified atom stereocenters. The van der Waals surface area contributed by atoms with Crippen LogP contribution in [-0.4, -0.2) is 68.4 Å². The van der Waals surface area contributed by atoms with Gasteiger partial charge in [-0.05, 0) is 36.8 Å². The molecule has 1 heterocycles. The van der Waals surface area contributed by atoms with Gasteiger partial charge in [-0.1, -0.05) is 37.1 Å². The van der Waals surface area contributed by atoms with Crippen molar-refractivity contribution in [3.63, 3.8) is 0 Å². The Hall–Kier alpha value is -1.84. The first-order valence-electron chi connectivity index (χ1n) is 11.5. The quantitative estimate of drug-likeness (QED) is 0.235. The number of benzene rings is 1. The zero-order chi connectivity index (χ0) is 22.3. The molecule has 1 saturated carbocycles. The molecule has 0 saturated heterocycles. The van der Waals surface area contributed by atoms with Crippen LogP contribution in [-0.2, 0) is 22.6 Å². The molecule has 0 spiro atoms. The van der Waals surface area contributed by atoms with Gasteiger partial charge in [0.1, 0.15) is 0 Å². The van der Waals surface area contributed by atoms with Crippen molar-refractivity contribution < 1.29 is 9.59 Å². The average Bonchev–Trinajstić information content (AvgIpc) is 3.27. The van der Waals surface area contributed by atoms with Gasteiger partial charge in [0.25, 0.3) is 0 Å². The molecule has 3 rings (SSSR count). The van der Waals surface area contributed by atoms with Crippen LogP contribution >= 0.6 is 24.0 Å². The van der Waals surface area contributed by atoms with E-state index in [0.717, 1.165) is 45.1 Å². The first kappa shape index (κ1) is 26.4. The van der Waals surface area contributed by atoms with Gasteiger partial charge in [0.15, 0.2) is 5.96 Å². The fraction of sp³-hybridized carbons (Fsp3) is 0.625. The van der Waals surface area contributed by atoms with E-state index in [1.54, 1.807) is 11.9 Å². The minimum Gasteiger partial charge on any atom is -0.356 e. The molecular weight excluding hydrogens is 517 g/mol. The van der Waals surface area contributed by atoms with Crippen LogP contribution in [0.4, 0.5) is 0 Å². The number of rotatable bonds is 7. The van der Waals surface area contributed by atoms with Crippen LogP contribution in [0.5, 0.6) is 0 Å².